The molecule has 1 N–H and O–H groups in total. The summed E-state index contributed by atoms with van der Waals surface area (Å²) in [5.41, 5.74) is 2.04. The third kappa shape index (κ3) is 5.53. The molecular formula is C18H18BrNO3. The minimum Gasteiger partial charge on any atom is -0.459 e. The number of benzene rings is 2. The first-order valence-corrected chi connectivity index (χ1v) is 8.08. The zero-order valence-corrected chi connectivity index (χ0v) is 14.6. The number of carbonyl (C=O) groups is 2. The molecular weight excluding hydrogens is 358 g/mol. The SMILES string of the molecule is CC(C)OC(=O)c1ccc(NC(=O)Cc2ccc(Br)cc2)cc1. The maximum absolute atomic E-state index is 12.0. The zero-order chi connectivity index (χ0) is 16.8. The van der Waals surface area contributed by atoms with E-state index in [0.717, 1.165) is 10.0 Å². The highest BCUT2D eigenvalue weighted by atomic mass is 79.9. The van der Waals surface area contributed by atoms with Crippen LogP contribution in [0.1, 0.15) is 29.8 Å². The lowest BCUT2D eigenvalue weighted by molar-refractivity contribution is -0.115. The monoisotopic (exact) mass is 375 g/mol. The van der Waals surface area contributed by atoms with Crippen molar-refractivity contribution in [1.82, 2.24) is 0 Å². The number of amides is 1. The number of halogens is 1. The number of carbonyl (C=O) groups excluding carboxylic acids is 2. The van der Waals surface area contributed by atoms with Crippen molar-refractivity contribution in [2.24, 2.45) is 0 Å². The average molecular weight is 376 g/mol. The molecule has 0 heterocycles. The number of esters is 1. The number of anilines is 1. The molecule has 0 aromatic heterocycles. The van der Waals surface area contributed by atoms with Crippen LogP contribution in [0.3, 0.4) is 0 Å². The second kappa shape index (κ2) is 7.92. The maximum atomic E-state index is 12.0. The van der Waals surface area contributed by atoms with Crippen LogP contribution in [0, 0.1) is 0 Å². The van der Waals surface area contributed by atoms with Gasteiger partial charge in [-0.05, 0) is 55.8 Å². The summed E-state index contributed by atoms with van der Waals surface area (Å²) in [4.78, 5) is 23.8. The molecule has 23 heavy (non-hydrogen) atoms. The van der Waals surface area contributed by atoms with Crippen molar-refractivity contribution in [3.8, 4) is 0 Å². The fourth-order valence-corrected chi connectivity index (χ4v) is 2.23. The second-order valence-corrected chi connectivity index (χ2v) is 6.30. The fourth-order valence-electron chi connectivity index (χ4n) is 1.96. The number of ether oxygens (including phenoxy) is 1. The molecule has 0 fully saturated rings. The van der Waals surface area contributed by atoms with Gasteiger partial charge in [0, 0.05) is 10.2 Å². The summed E-state index contributed by atoms with van der Waals surface area (Å²) in [6, 6.07) is 14.3. The van der Waals surface area contributed by atoms with Gasteiger partial charge in [-0.25, -0.2) is 4.79 Å². The highest BCUT2D eigenvalue weighted by molar-refractivity contribution is 9.10. The Morgan fingerprint density at radius 1 is 1.04 bits per heavy atom. The maximum Gasteiger partial charge on any atom is 0.338 e. The van der Waals surface area contributed by atoms with Crippen molar-refractivity contribution < 1.29 is 14.3 Å². The standard InChI is InChI=1S/C18H18BrNO3/c1-12(2)23-18(22)14-5-9-16(10-6-14)20-17(21)11-13-3-7-15(19)8-4-13/h3-10,12H,11H2,1-2H3,(H,20,21). The Morgan fingerprint density at radius 3 is 2.22 bits per heavy atom. The smallest absolute Gasteiger partial charge is 0.338 e. The highest BCUT2D eigenvalue weighted by Crippen LogP contribution is 2.14. The third-order valence-corrected chi connectivity index (χ3v) is 3.55. The number of nitrogens with one attached hydrogen (secondary N) is 1. The predicted octanol–water partition coefficient (Wildman–Crippen LogP) is 4.20. The summed E-state index contributed by atoms with van der Waals surface area (Å²) in [6.07, 6.45) is 0.137. The minimum atomic E-state index is -0.368. The van der Waals surface area contributed by atoms with Crippen LogP contribution in [0.5, 0.6) is 0 Å². The van der Waals surface area contributed by atoms with E-state index in [-0.39, 0.29) is 18.0 Å². The molecule has 1 amide bonds. The molecule has 0 bridgehead atoms. The van der Waals surface area contributed by atoms with Crippen LogP contribution < -0.4 is 5.32 Å². The molecule has 4 nitrogen and oxygen atoms in total. The van der Waals surface area contributed by atoms with Gasteiger partial charge in [-0.3, -0.25) is 4.79 Å². The molecule has 2 rings (SSSR count). The van der Waals surface area contributed by atoms with E-state index in [1.807, 2.05) is 24.3 Å². The third-order valence-electron chi connectivity index (χ3n) is 3.03. The van der Waals surface area contributed by atoms with E-state index in [1.54, 1.807) is 38.1 Å². The van der Waals surface area contributed by atoms with E-state index in [2.05, 4.69) is 21.2 Å². The van der Waals surface area contributed by atoms with Crippen molar-refractivity contribution >= 4 is 33.5 Å². The highest BCUT2D eigenvalue weighted by Gasteiger charge is 2.09. The van der Waals surface area contributed by atoms with Crippen LogP contribution in [0.15, 0.2) is 53.0 Å². The predicted molar refractivity (Wildman–Crippen MR) is 93.5 cm³/mol. The van der Waals surface area contributed by atoms with Gasteiger partial charge in [-0.1, -0.05) is 28.1 Å². The molecule has 2 aromatic carbocycles. The lowest BCUT2D eigenvalue weighted by Crippen LogP contribution is -2.15. The minimum absolute atomic E-state index is 0.107. The van der Waals surface area contributed by atoms with Crippen molar-refractivity contribution in [3.05, 3.63) is 64.1 Å². The van der Waals surface area contributed by atoms with Crippen LogP contribution in [0.2, 0.25) is 0 Å². The zero-order valence-electron chi connectivity index (χ0n) is 13.0. The van der Waals surface area contributed by atoms with Gasteiger partial charge in [-0.2, -0.15) is 0 Å². The summed E-state index contributed by atoms with van der Waals surface area (Å²) in [5, 5.41) is 2.81. The molecule has 5 heteroatoms. The normalized spacial score (nSPS) is 10.4. The summed E-state index contributed by atoms with van der Waals surface area (Å²) < 4.78 is 6.09. The molecule has 0 spiro atoms. The van der Waals surface area contributed by atoms with Gasteiger partial charge in [-0.15, -0.1) is 0 Å². The molecule has 0 unspecified atom stereocenters. The van der Waals surface area contributed by atoms with E-state index in [0.29, 0.717) is 17.7 Å². The lowest BCUT2D eigenvalue weighted by atomic mass is 10.1. The summed E-state index contributed by atoms with van der Waals surface area (Å²) in [7, 11) is 0. The Morgan fingerprint density at radius 2 is 1.65 bits per heavy atom. The van der Waals surface area contributed by atoms with Crippen molar-refractivity contribution in [1.29, 1.82) is 0 Å². The van der Waals surface area contributed by atoms with Gasteiger partial charge in [0.2, 0.25) is 5.91 Å². The first-order valence-electron chi connectivity index (χ1n) is 7.29. The van der Waals surface area contributed by atoms with Crippen LogP contribution in [-0.4, -0.2) is 18.0 Å². The Balaban J connectivity index is 1.93. The first-order chi connectivity index (χ1) is 10.9. The van der Waals surface area contributed by atoms with Gasteiger partial charge >= 0.3 is 5.97 Å². The van der Waals surface area contributed by atoms with Gasteiger partial charge in [0.15, 0.2) is 0 Å². The number of hydrogen-bond donors (Lipinski definition) is 1. The van der Waals surface area contributed by atoms with Gasteiger partial charge < -0.3 is 10.1 Å². The fraction of sp³-hybridized carbons (Fsp3) is 0.222. The molecule has 0 radical (unpaired) electrons. The van der Waals surface area contributed by atoms with Crippen LogP contribution in [0.25, 0.3) is 0 Å². The van der Waals surface area contributed by atoms with E-state index >= 15 is 0 Å². The van der Waals surface area contributed by atoms with E-state index < -0.39 is 0 Å². The summed E-state index contributed by atoms with van der Waals surface area (Å²) >= 11 is 3.36. The van der Waals surface area contributed by atoms with Crippen molar-refractivity contribution in [3.63, 3.8) is 0 Å². The number of hydrogen-bond acceptors (Lipinski definition) is 3. The largest absolute Gasteiger partial charge is 0.459 e. The molecule has 0 aliphatic carbocycles. The van der Waals surface area contributed by atoms with Crippen LogP contribution in [0.4, 0.5) is 5.69 Å². The quantitative estimate of drug-likeness (QED) is 0.796. The first kappa shape index (κ1) is 17.2. The molecule has 0 atom stereocenters. The van der Waals surface area contributed by atoms with E-state index in [9.17, 15) is 9.59 Å². The molecule has 0 saturated heterocycles. The summed E-state index contributed by atoms with van der Waals surface area (Å²) in [5.74, 6) is -0.474. The molecule has 120 valence electrons. The van der Waals surface area contributed by atoms with Crippen LogP contribution >= 0.6 is 15.9 Å². The van der Waals surface area contributed by atoms with E-state index in [1.165, 1.54) is 0 Å². The average Bonchev–Trinajstić information content (AvgIpc) is 2.49. The van der Waals surface area contributed by atoms with Crippen molar-refractivity contribution in [2.75, 3.05) is 5.32 Å². The molecule has 0 aliphatic heterocycles. The van der Waals surface area contributed by atoms with Gasteiger partial charge in [0.25, 0.3) is 0 Å². The summed E-state index contributed by atoms with van der Waals surface area (Å²) in [6.45, 7) is 3.60. The Labute approximate surface area is 144 Å². The Hall–Kier alpha value is -2.14. The van der Waals surface area contributed by atoms with E-state index in [4.69, 9.17) is 4.74 Å². The van der Waals surface area contributed by atoms with Crippen LogP contribution in [-0.2, 0) is 16.0 Å². The second-order valence-electron chi connectivity index (χ2n) is 5.38. The van der Waals surface area contributed by atoms with Crippen molar-refractivity contribution in [2.45, 2.75) is 26.4 Å². The Kier molecular flexibility index (Phi) is 5.93. The topological polar surface area (TPSA) is 55.4 Å². The lowest BCUT2D eigenvalue weighted by Gasteiger charge is -2.09. The number of rotatable bonds is 5. The molecule has 0 aliphatic rings. The Bertz CT molecular complexity index is 678. The van der Waals surface area contributed by atoms with Gasteiger partial charge in [0.05, 0.1) is 18.1 Å². The van der Waals surface area contributed by atoms with Gasteiger partial charge in [0.1, 0.15) is 0 Å². The molecule has 0 saturated carbocycles. The molecule has 2 aromatic rings.